The van der Waals surface area contributed by atoms with Crippen molar-refractivity contribution in [1.82, 2.24) is 25.5 Å². The van der Waals surface area contributed by atoms with Crippen LogP contribution in [0.2, 0.25) is 5.02 Å². The number of rotatable bonds is 6. The van der Waals surface area contributed by atoms with Gasteiger partial charge in [0.15, 0.2) is 5.58 Å². The van der Waals surface area contributed by atoms with E-state index in [1.165, 1.54) is 6.08 Å². The van der Waals surface area contributed by atoms with E-state index < -0.39 is 0 Å². The number of carbonyl (C=O) groups is 2. The van der Waals surface area contributed by atoms with E-state index in [4.69, 9.17) is 21.8 Å². The third-order valence-electron chi connectivity index (χ3n) is 6.01. The van der Waals surface area contributed by atoms with Gasteiger partial charge < -0.3 is 25.7 Å². The van der Waals surface area contributed by atoms with Crippen molar-refractivity contribution in [2.75, 3.05) is 31.9 Å². The van der Waals surface area contributed by atoms with Gasteiger partial charge in [-0.3, -0.25) is 14.6 Å². The molecular weight excluding hydrogens is 492 g/mol. The molecule has 37 heavy (non-hydrogen) atoms. The maximum absolute atomic E-state index is 12.7. The van der Waals surface area contributed by atoms with Crippen LogP contribution in [-0.4, -0.2) is 52.9 Å². The van der Waals surface area contributed by atoms with E-state index in [9.17, 15) is 9.59 Å². The highest BCUT2D eigenvalue weighted by Gasteiger charge is 2.18. The van der Waals surface area contributed by atoms with Crippen LogP contribution in [0.15, 0.2) is 65.4 Å². The Balaban J connectivity index is 1.26. The zero-order chi connectivity index (χ0) is 25.8. The highest BCUT2D eigenvalue weighted by Crippen LogP contribution is 2.32. The highest BCUT2D eigenvalue weighted by atomic mass is 35.5. The fourth-order valence-corrected chi connectivity index (χ4v) is 4.33. The first-order valence-corrected chi connectivity index (χ1v) is 12.2. The number of anilines is 1. The summed E-state index contributed by atoms with van der Waals surface area (Å²) in [7, 11) is 0. The third-order valence-corrected chi connectivity index (χ3v) is 6.29. The smallest absolute Gasteiger partial charge is 0.255 e. The van der Waals surface area contributed by atoms with Gasteiger partial charge in [-0.25, -0.2) is 4.98 Å². The van der Waals surface area contributed by atoms with E-state index in [0.29, 0.717) is 46.5 Å². The van der Waals surface area contributed by atoms with Gasteiger partial charge in [-0.15, -0.1) is 0 Å². The van der Waals surface area contributed by atoms with Crippen LogP contribution in [0.3, 0.4) is 0 Å². The van der Waals surface area contributed by atoms with Gasteiger partial charge in [0, 0.05) is 55.6 Å². The second-order valence-corrected chi connectivity index (χ2v) is 9.04. The number of benzene rings is 1. The topological polar surface area (TPSA) is 126 Å². The Morgan fingerprint density at radius 2 is 1.95 bits per heavy atom. The molecule has 0 saturated carbocycles. The number of carbonyl (C=O) groups excluding carboxylic acids is 2. The first-order chi connectivity index (χ1) is 18.0. The number of halogens is 1. The normalized spacial score (nSPS) is 13.8. The third kappa shape index (κ3) is 5.79. The van der Waals surface area contributed by atoms with Crippen LogP contribution in [0.25, 0.3) is 28.3 Å². The minimum Gasteiger partial charge on any atom is -0.458 e. The molecule has 9 nitrogen and oxygen atoms in total. The zero-order valence-corrected chi connectivity index (χ0v) is 20.7. The van der Waals surface area contributed by atoms with Gasteiger partial charge in [0.1, 0.15) is 11.6 Å². The molecule has 5 rings (SSSR count). The molecular formula is C27H25ClN6O3. The summed E-state index contributed by atoms with van der Waals surface area (Å²) < 4.78 is 5.86. The fourth-order valence-electron chi connectivity index (χ4n) is 4.06. The van der Waals surface area contributed by atoms with E-state index >= 15 is 0 Å². The molecule has 0 bridgehead atoms. The Bertz CT molecular complexity index is 1460. The van der Waals surface area contributed by atoms with E-state index in [0.717, 1.165) is 29.6 Å². The van der Waals surface area contributed by atoms with Crippen molar-refractivity contribution in [1.29, 1.82) is 0 Å². The number of fused-ring (bicyclic) bond motifs is 1. The summed E-state index contributed by atoms with van der Waals surface area (Å²) in [6.45, 7) is 3.16. The number of furan rings is 1. The number of piperazine rings is 1. The lowest BCUT2D eigenvalue weighted by Crippen LogP contribution is -2.46. The van der Waals surface area contributed by atoms with E-state index in [-0.39, 0.29) is 18.4 Å². The lowest BCUT2D eigenvalue weighted by molar-refractivity contribution is -0.116. The number of nitrogens with one attached hydrogen (secondary N) is 2. The molecule has 10 heteroatoms. The predicted octanol–water partition coefficient (Wildman–Crippen LogP) is 3.50. The summed E-state index contributed by atoms with van der Waals surface area (Å²) in [6.07, 6.45) is 6.26. The summed E-state index contributed by atoms with van der Waals surface area (Å²) in [4.78, 5) is 35.2. The van der Waals surface area contributed by atoms with Gasteiger partial charge in [0.2, 0.25) is 5.91 Å². The molecule has 3 aromatic heterocycles. The molecule has 0 atom stereocenters. The molecule has 0 radical (unpaired) electrons. The van der Waals surface area contributed by atoms with Crippen molar-refractivity contribution in [3.63, 3.8) is 0 Å². The maximum Gasteiger partial charge on any atom is 0.255 e. The van der Waals surface area contributed by atoms with Crippen LogP contribution >= 0.6 is 11.6 Å². The highest BCUT2D eigenvalue weighted by molar-refractivity contribution is 6.35. The largest absolute Gasteiger partial charge is 0.458 e. The van der Waals surface area contributed by atoms with Gasteiger partial charge in [-0.2, -0.15) is 0 Å². The second-order valence-electron chi connectivity index (χ2n) is 8.63. The van der Waals surface area contributed by atoms with Crippen LogP contribution in [-0.2, 0) is 11.3 Å². The molecule has 4 heterocycles. The van der Waals surface area contributed by atoms with Crippen molar-refractivity contribution in [2.24, 2.45) is 0 Å². The average molecular weight is 517 g/mol. The van der Waals surface area contributed by atoms with Crippen LogP contribution in [0.1, 0.15) is 21.7 Å². The van der Waals surface area contributed by atoms with Gasteiger partial charge in [0.05, 0.1) is 22.8 Å². The summed E-state index contributed by atoms with van der Waals surface area (Å²) >= 11 is 6.50. The SMILES string of the molecule is Nc1ccc(C=CC(=O)NCc2cc3cc(-c4ccc(C(=O)N5CCNCC5)cn4)cc(Cl)c3o2)cn1. The van der Waals surface area contributed by atoms with Crippen LogP contribution in [0.5, 0.6) is 0 Å². The summed E-state index contributed by atoms with van der Waals surface area (Å²) in [5, 5.41) is 7.26. The van der Waals surface area contributed by atoms with Crippen LogP contribution in [0.4, 0.5) is 5.82 Å². The Labute approximate surface area is 218 Å². The molecule has 1 aliphatic heterocycles. The average Bonchev–Trinajstić information content (AvgIpc) is 3.35. The van der Waals surface area contributed by atoms with Crippen molar-refractivity contribution in [3.8, 4) is 11.3 Å². The molecule has 1 fully saturated rings. The molecule has 1 aliphatic rings. The molecule has 1 saturated heterocycles. The van der Waals surface area contributed by atoms with Crippen molar-refractivity contribution in [3.05, 3.63) is 82.8 Å². The first-order valence-electron chi connectivity index (χ1n) is 11.8. The summed E-state index contributed by atoms with van der Waals surface area (Å²) in [5.74, 6) is 0.691. The fraction of sp³-hybridized carbons (Fsp3) is 0.185. The van der Waals surface area contributed by atoms with Crippen molar-refractivity contribution >= 4 is 46.3 Å². The molecule has 2 amide bonds. The van der Waals surface area contributed by atoms with Crippen LogP contribution in [0, 0.1) is 0 Å². The number of nitrogens with two attached hydrogens (primary N) is 1. The lowest BCUT2D eigenvalue weighted by Gasteiger charge is -2.27. The van der Waals surface area contributed by atoms with Crippen molar-refractivity contribution in [2.45, 2.75) is 6.54 Å². The molecule has 4 aromatic rings. The molecule has 0 spiro atoms. The molecule has 1 aromatic carbocycles. The van der Waals surface area contributed by atoms with Gasteiger partial charge in [-0.1, -0.05) is 11.6 Å². The number of nitrogens with zero attached hydrogens (tertiary/aromatic N) is 3. The predicted molar refractivity (Wildman–Crippen MR) is 143 cm³/mol. The number of aromatic nitrogens is 2. The van der Waals surface area contributed by atoms with Crippen LogP contribution < -0.4 is 16.4 Å². The minimum atomic E-state index is -0.274. The Morgan fingerprint density at radius 3 is 2.68 bits per heavy atom. The number of amides is 2. The molecule has 0 unspecified atom stereocenters. The molecule has 0 aliphatic carbocycles. The number of pyridine rings is 2. The Morgan fingerprint density at radius 1 is 1.11 bits per heavy atom. The second kappa shape index (κ2) is 10.8. The quantitative estimate of drug-likeness (QED) is 0.335. The summed E-state index contributed by atoms with van der Waals surface area (Å²) in [6, 6.07) is 12.6. The number of nitrogen functional groups attached to an aromatic ring is 1. The Kier molecular flexibility index (Phi) is 7.16. The van der Waals surface area contributed by atoms with E-state index in [2.05, 4.69) is 20.6 Å². The zero-order valence-electron chi connectivity index (χ0n) is 19.9. The van der Waals surface area contributed by atoms with E-state index in [1.807, 2.05) is 23.1 Å². The first kappa shape index (κ1) is 24.5. The number of hydrogen-bond donors (Lipinski definition) is 3. The monoisotopic (exact) mass is 516 g/mol. The van der Waals surface area contributed by atoms with Gasteiger partial charge >= 0.3 is 0 Å². The Hall–Kier alpha value is -4.21. The van der Waals surface area contributed by atoms with Crippen molar-refractivity contribution < 1.29 is 14.0 Å². The minimum absolute atomic E-state index is 0.0180. The maximum atomic E-state index is 12.7. The van der Waals surface area contributed by atoms with E-state index in [1.54, 1.807) is 42.7 Å². The molecule has 4 N–H and O–H groups in total. The van der Waals surface area contributed by atoms with Gasteiger partial charge in [-0.05, 0) is 54.1 Å². The number of hydrogen-bond acceptors (Lipinski definition) is 7. The van der Waals surface area contributed by atoms with Gasteiger partial charge in [0.25, 0.3) is 5.91 Å². The lowest BCUT2D eigenvalue weighted by atomic mass is 10.1. The summed E-state index contributed by atoms with van der Waals surface area (Å²) in [5.41, 5.74) is 8.92. The molecule has 188 valence electrons. The standard InChI is InChI=1S/C27H25ClN6O3/c28-22-13-19(23-4-3-18(15-31-23)27(36)34-9-7-30-8-10-34)11-20-12-21(37-26(20)22)16-33-25(35)6-2-17-1-5-24(29)32-14-17/h1-6,11-15,30H,7-10,16H2,(H2,29,32)(H,33,35).